The van der Waals surface area contributed by atoms with Crippen LogP contribution in [0.15, 0.2) is 36.7 Å². The quantitative estimate of drug-likeness (QED) is 0.796. The smallest absolute Gasteiger partial charge is 0.335 e. The second-order valence-corrected chi connectivity index (χ2v) is 5.23. The molecule has 0 aliphatic rings. The first kappa shape index (κ1) is 15.3. The van der Waals surface area contributed by atoms with Crippen LogP contribution in [0.2, 0.25) is 0 Å². The molecule has 1 heterocycles. The van der Waals surface area contributed by atoms with Crippen molar-refractivity contribution >= 4 is 5.97 Å². The molecule has 112 valence electrons. The van der Waals surface area contributed by atoms with Crippen molar-refractivity contribution in [1.29, 1.82) is 0 Å². The highest BCUT2D eigenvalue weighted by Crippen LogP contribution is 2.07. The molecule has 0 saturated carbocycles. The summed E-state index contributed by atoms with van der Waals surface area (Å²) in [5.74, 6) is 0.455. The molecule has 0 radical (unpaired) electrons. The van der Waals surface area contributed by atoms with Crippen molar-refractivity contribution in [2.24, 2.45) is 0 Å². The Hall–Kier alpha value is -2.10. The first-order valence-corrected chi connectivity index (χ1v) is 7.55. The zero-order valence-corrected chi connectivity index (χ0v) is 12.7. The molecule has 0 fully saturated rings. The first-order chi connectivity index (χ1) is 10.2. The molecule has 2 rings (SSSR count). The van der Waals surface area contributed by atoms with Gasteiger partial charge in [0.05, 0.1) is 12.1 Å². The molecule has 0 unspecified atom stereocenters. The first-order valence-electron chi connectivity index (χ1n) is 7.55. The number of aromatic carboxylic acids is 1. The number of imidazole rings is 1. The minimum atomic E-state index is -0.880. The average molecular weight is 287 g/mol. The predicted molar refractivity (Wildman–Crippen MR) is 81.4 cm³/mol. The van der Waals surface area contributed by atoms with Crippen molar-refractivity contribution in [3.63, 3.8) is 0 Å². The minimum Gasteiger partial charge on any atom is -0.478 e. The van der Waals surface area contributed by atoms with Gasteiger partial charge in [0, 0.05) is 6.42 Å². The molecular formula is C17H23N2O2+. The van der Waals surface area contributed by atoms with Crippen LogP contribution in [-0.2, 0) is 19.5 Å². The van der Waals surface area contributed by atoms with Gasteiger partial charge in [0.25, 0.3) is 5.82 Å². The monoisotopic (exact) mass is 287 g/mol. The van der Waals surface area contributed by atoms with Gasteiger partial charge >= 0.3 is 5.97 Å². The fourth-order valence-electron chi connectivity index (χ4n) is 2.50. The average Bonchev–Trinajstić information content (AvgIpc) is 2.87. The Morgan fingerprint density at radius 3 is 2.52 bits per heavy atom. The largest absolute Gasteiger partial charge is 0.478 e. The van der Waals surface area contributed by atoms with E-state index in [1.165, 1.54) is 18.7 Å². The number of carbonyl (C=O) groups is 1. The molecule has 1 N–H and O–H groups in total. The second-order valence-electron chi connectivity index (χ2n) is 5.23. The van der Waals surface area contributed by atoms with Crippen LogP contribution >= 0.6 is 0 Å². The molecule has 4 heteroatoms. The molecule has 0 aliphatic heterocycles. The highest BCUT2D eigenvalue weighted by molar-refractivity contribution is 5.87. The van der Waals surface area contributed by atoms with E-state index < -0.39 is 5.97 Å². The van der Waals surface area contributed by atoms with Gasteiger partial charge in [0.1, 0.15) is 18.9 Å². The lowest BCUT2D eigenvalue weighted by atomic mass is 10.1. The zero-order valence-electron chi connectivity index (χ0n) is 12.7. The highest BCUT2D eigenvalue weighted by Gasteiger charge is 2.15. The predicted octanol–water partition coefficient (Wildman–Crippen LogP) is 2.88. The Morgan fingerprint density at radius 1 is 1.24 bits per heavy atom. The van der Waals surface area contributed by atoms with E-state index in [9.17, 15) is 4.79 Å². The lowest BCUT2D eigenvalue weighted by Crippen LogP contribution is -2.37. The Kier molecular flexibility index (Phi) is 5.14. The van der Waals surface area contributed by atoms with Crippen LogP contribution in [0.3, 0.4) is 0 Å². The van der Waals surface area contributed by atoms with Crippen LogP contribution in [0, 0.1) is 0 Å². The Balaban J connectivity index is 2.18. The van der Waals surface area contributed by atoms with E-state index >= 15 is 0 Å². The van der Waals surface area contributed by atoms with Gasteiger partial charge in [0.2, 0.25) is 0 Å². The highest BCUT2D eigenvalue weighted by atomic mass is 16.4. The maximum absolute atomic E-state index is 10.9. The third-order valence-corrected chi connectivity index (χ3v) is 3.74. The van der Waals surface area contributed by atoms with Gasteiger partial charge in [-0.1, -0.05) is 25.5 Å². The fourth-order valence-corrected chi connectivity index (χ4v) is 2.50. The number of carboxylic acids is 1. The van der Waals surface area contributed by atoms with E-state index in [2.05, 4.69) is 35.4 Å². The van der Waals surface area contributed by atoms with Crippen molar-refractivity contribution in [3.8, 4) is 0 Å². The number of aromatic nitrogens is 2. The number of nitrogens with zero attached hydrogens (tertiary/aromatic N) is 2. The number of hydrogen-bond donors (Lipinski definition) is 1. The summed E-state index contributed by atoms with van der Waals surface area (Å²) >= 11 is 0. The number of rotatable bonds is 7. The van der Waals surface area contributed by atoms with Crippen LogP contribution < -0.4 is 4.57 Å². The third-order valence-electron chi connectivity index (χ3n) is 3.74. The topological polar surface area (TPSA) is 46.1 Å². The van der Waals surface area contributed by atoms with E-state index in [4.69, 9.17) is 5.11 Å². The maximum Gasteiger partial charge on any atom is 0.335 e. The molecule has 2 aromatic rings. The summed E-state index contributed by atoms with van der Waals surface area (Å²) < 4.78 is 4.54. The van der Waals surface area contributed by atoms with E-state index in [0.29, 0.717) is 5.56 Å². The molecule has 0 aliphatic carbocycles. The zero-order chi connectivity index (χ0) is 15.2. The number of carboxylic acid groups (broad SMARTS) is 1. The van der Waals surface area contributed by atoms with Crippen LogP contribution in [0.1, 0.15) is 48.4 Å². The molecule has 4 nitrogen and oxygen atoms in total. The van der Waals surface area contributed by atoms with Gasteiger partial charge in [0.15, 0.2) is 0 Å². The summed E-state index contributed by atoms with van der Waals surface area (Å²) in [6.45, 7) is 6.12. The van der Waals surface area contributed by atoms with Gasteiger partial charge in [-0.3, -0.25) is 0 Å². The number of aryl methyl sites for hydroxylation is 1. The number of hydrogen-bond acceptors (Lipinski definition) is 1. The maximum atomic E-state index is 10.9. The van der Waals surface area contributed by atoms with Gasteiger partial charge in [-0.15, -0.1) is 0 Å². The van der Waals surface area contributed by atoms with Crippen LogP contribution in [-0.4, -0.2) is 15.6 Å². The fraction of sp³-hybridized carbons (Fsp3) is 0.412. The summed E-state index contributed by atoms with van der Waals surface area (Å²) in [6.07, 6.45) is 7.67. The summed E-state index contributed by atoms with van der Waals surface area (Å²) in [5, 5.41) is 8.93. The molecular weight excluding hydrogens is 264 g/mol. The lowest BCUT2D eigenvalue weighted by molar-refractivity contribution is -0.695. The molecule has 21 heavy (non-hydrogen) atoms. The Bertz CT molecular complexity index is 600. The van der Waals surface area contributed by atoms with Crippen molar-refractivity contribution in [2.45, 2.75) is 46.2 Å². The summed E-state index contributed by atoms with van der Waals surface area (Å²) in [5.41, 5.74) is 1.46. The van der Waals surface area contributed by atoms with Crippen molar-refractivity contribution in [3.05, 3.63) is 53.6 Å². The molecule has 0 amide bonds. The van der Waals surface area contributed by atoms with E-state index in [1.54, 1.807) is 12.1 Å². The molecule has 1 aromatic carbocycles. The molecule has 0 bridgehead atoms. The molecule has 0 saturated heterocycles. The van der Waals surface area contributed by atoms with Crippen molar-refractivity contribution in [1.82, 2.24) is 4.57 Å². The standard InChI is InChI=1S/C17H22N2O2/c1-3-5-6-16-18(4-2)11-12-19(16)13-14-7-9-15(10-8-14)17(20)21/h7-12H,3-6,13H2,1-2H3/p+1. The van der Waals surface area contributed by atoms with E-state index in [1.807, 2.05) is 12.1 Å². The van der Waals surface area contributed by atoms with Gasteiger partial charge in [-0.25, -0.2) is 13.9 Å². The van der Waals surface area contributed by atoms with Crippen molar-refractivity contribution < 1.29 is 14.5 Å². The van der Waals surface area contributed by atoms with Crippen LogP contribution in [0.25, 0.3) is 0 Å². The van der Waals surface area contributed by atoms with Crippen LogP contribution in [0.5, 0.6) is 0 Å². The van der Waals surface area contributed by atoms with Crippen molar-refractivity contribution in [2.75, 3.05) is 0 Å². The lowest BCUT2D eigenvalue weighted by Gasteiger charge is -2.04. The Labute approximate surface area is 125 Å². The second kappa shape index (κ2) is 7.07. The van der Waals surface area contributed by atoms with E-state index in [-0.39, 0.29) is 0 Å². The summed E-state index contributed by atoms with van der Waals surface area (Å²) in [7, 11) is 0. The Morgan fingerprint density at radius 2 is 1.95 bits per heavy atom. The van der Waals surface area contributed by atoms with Gasteiger partial charge in [-0.05, 0) is 31.0 Å². The van der Waals surface area contributed by atoms with Gasteiger partial charge in [-0.2, -0.15) is 0 Å². The number of unbranched alkanes of at least 4 members (excludes halogenated alkanes) is 1. The number of benzene rings is 1. The third kappa shape index (κ3) is 3.72. The van der Waals surface area contributed by atoms with E-state index in [0.717, 1.165) is 25.1 Å². The molecule has 0 atom stereocenters. The minimum absolute atomic E-state index is 0.334. The molecule has 0 spiro atoms. The molecule has 1 aromatic heterocycles. The van der Waals surface area contributed by atoms with Gasteiger partial charge < -0.3 is 5.11 Å². The normalized spacial score (nSPS) is 10.8. The summed E-state index contributed by atoms with van der Waals surface area (Å²) in [6, 6.07) is 7.12. The summed E-state index contributed by atoms with van der Waals surface area (Å²) in [4.78, 5) is 10.9. The SMILES string of the molecule is CCCCc1n(CC)cc[n+]1Cc1ccc(C(=O)O)cc1. The van der Waals surface area contributed by atoms with Crippen LogP contribution in [0.4, 0.5) is 0 Å².